The van der Waals surface area contributed by atoms with Gasteiger partial charge in [0.1, 0.15) is 0 Å². The lowest BCUT2D eigenvalue weighted by Crippen LogP contribution is -2.32. The zero-order chi connectivity index (χ0) is 15.5. The van der Waals surface area contributed by atoms with Crippen LogP contribution in [0.2, 0.25) is 0 Å². The summed E-state index contributed by atoms with van der Waals surface area (Å²) in [5, 5.41) is 4.36. The van der Waals surface area contributed by atoms with Gasteiger partial charge in [-0.1, -0.05) is 13.8 Å². The van der Waals surface area contributed by atoms with Crippen molar-refractivity contribution in [1.82, 2.24) is 10.3 Å². The molecule has 1 fully saturated rings. The summed E-state index contributed by atoms with van der Waals surface area (Å²) in [7, 11) is -0.887. The van der Waals surface area contributed by atoms with E-state index in [-0.39, 0.29) is 11.8 Å². The Balaban J connectivity index is 2.09. The quantitative estimate of drug-likeness (QED) is 0.772. The van der Waals surface area contributed by atoms with Gasteiger partial charge in [0.25, 0.3) is 0 Å². The van der Waals surface area contributed by atoms with Gasteiger partial charge in [-0.2, -0.15) is 0 Å². The van der Waals surface area contributed by atoms with E-state index in [0.29, 0.717) is 12.2 Å². The van der Waals surface area contributed by atoms with Crippen LogP contribution in [0.5, 0.6) is 0 Å². The Morgan fingerprint density at radius 3 is 2.76 bits per heavy atom. The molecule has 0 bridgehead atoms. The molecule has 2 rings (SSSR count). The van der Waals surface area contributed by atoms with Crippen LogP contribution in [0.15, 0.2) is 0 Å². The van der Waals surface area contributed by atoms with E-state index in [4.69, 9.17) is 4.98 Å². The van der Waals surface area contributed by atoms with Crippen LogP contribution in [0, 0.1) is 0 Å². The highest BCUT2D eigenvalue weighted by Gasteiger charge is 2.32. The third-order valence-corrected chi connectivity index (χ3v) is 6.81. The van der Waals surface area contributed by atoms with E-state index in [0.717, 1.165) is 36.8 Å². The highest BCUT2D eigenvalue weighted by Crippen LogP contribution is 2.30. The van der Waals surface area contributed by atoms with E-state index < -0.39 is 9.84 Å². The van der Waals surface area contributed by atoms with Crippen molar-refractivity contribution in [2.24, 2.45) is 0 Å². The average Bonchev–Trinajstić information content (AvgIpc) is 3.01. The molecule has 0 aliphatic carbocycles. The predicted molar refractivity (Wildman–Crippen MR) is 89.0 cm³/mol. The van der Waals surface area contributed by atoms with E-state index in [1.165, 1.54) is 4.88 Å². The second kappa shape index (κ2) is 7.07. The van der Waals surface area contributed by atoms with Crippen LogP contribution in [0.1, 0.15) is 37.3 Å². The minimum absolute atomic E-state index is 0.0716. The smallest absolute Gasteiger partial charge is 0.185 e. The van der Waals surface area contributed by atoms with Crippen molar-refractivity contribution >= 4 is 26.3 Å². The molecule has 0 radical (unpaired) electrons. The van der Waals surface area contributed by atoms with Crippen molar-refractivity contribution in [3.05, 3.63) is 10.6 Å². The summed E-state index contributed by atoms with van der Waals surface area (Å²) in [6.07, 6.45) is 2.74. The number of hydrogen-bond donors (Lipinski definition) is 1. The lowest BCUT2D eigenvalue weighted by atomic mass is 10.2. The van der Waals surface area contributed by atoms with Crippen molar-refractivity contribution in [3.63, 3.8) is 0 Å². The fourth-order valence-electron chi connectivity index (χ4n) is 2.55. The minimum atomic E-state index is -2.85. The summed E-state index contributed by atoms with van der Waals surface area (Å²) in [5.41, 5.74) is 1.13. The number of anilines is 1. The van der Waals surface area contributed by atoms with Crippen molar-refractivity contribution in [3.8, 4) is 0 Å². The molecule has 1 atom stereocenters. The van der Waals surface area contributed by atoms with Crippen LogP contribution < -0.4 is 10.2 Å². The molecule has 1 aliphatic heterocycles. The van der Waals surface area contributed by atoms with Crippen LogP contribution in [-0.4, -0.2) is 44.5 Å². The van der Waals surface area contributed by atoms with E-state index in [1.807, 2.05) is 7.05 Å². The first-order valence-electron chi connectivity index (χ1n) is 7.59. The van der Waals surface area contributed by atoms with Crippen molar-refractivity contribution < 1.29 is 8.42 Å². The first kappa shape index (κ1) is 16.7. The number of aryl methyl sites for hydroxylation is 1. The molecule has 21 heavy (non-hydrogen) atoms. The minimum Gasteiger partial charge on any atom is -0.347 e. The Kier molecular flexibility index (Phi) is 5.62. The summed E-state index contributed by atoms with van der Waals surface area (Å²) >= 11 is 1.69. The normalized spacial score (nSPS) is 20.8. The molecule has 1 aromatic heterocycles. The van der Waals surface area contributed by atoms with Gasteiger partial charge in [0, 0.05) is 24.5 Å². The number of hydrogen-bond acceptors (Lipinski definition) is 6. The number of rotatable bonds is 7. The van der Waals surface area contributed by atoms with E-state index >= 15 is 0 Å². The van der Waals surface area contributed by atoms with Gasteiger partial charge in [0.2, 0.25) is 0 Å². The third kappa shape index (κ3) is 4.17. The first-order valence-corrected chi connectivity index (χ1v) is 10.2. The zero-order valence-corrected chi connectivity index (χ0v) is 14.7. The molecule has 1 saturated heterocycles. The summed E-state index contributed by atoms with van der Waals surface area (Å²) in [5.74, 6) is 0.562. The lowest BCUT2D eigenvalue weighted by molar-refractivity contribution is 0.601. The van der Waals surface area contributed by atoms with Gasteiger partial charge >= 0.3 is 0 Å². The molecule has 0 aromatic carbocycles. The second-order valence-electron chi connectivity index (χ2n) is 5.56. The van der Waals surface area contributed by atoms with Crippen LogP contribution in [0.3, 0.4) is 0 Å². The van der Waals surface area contributed by atoms with Crippen LogP contribution in [0.25, 0.3) is 0 Å². The molecule has 2 heterocycles. The first-order chi connectivity index (χ1) is 9.96. The fourth-order valence-corrected chi connectivity index (χ4v) is 5.48. The maximum absolute atomic E-state index is 11.6. The molecule has 1 N–H and O–H groups in total. The Morgan fingerprint density at radius 1 is 1.43 bits per heavy atom. The fraction of sp³-hybridized carbons (Fsp3) is 0.786. The maximum Gasteiger partial charge on any atom is 0.185 e. The third-order valence-electron chi connectivity index (χ3n) is 3.87. The highest BCUT2D eigenvalue weighted by atomic mass is 32.2. The Labute approximate surface area is 131 Å². The van der Waals surface area contributed by atoms with Gasteiger partial charge in [-0.05, 0) is 25.8 Å². The average molecular weight is 332 g/mol. The van der Waals surface area contributed by atoms with Crippen molar-refractivity contribution in [2.45, 2.75) is 45.7 Å². The van der Waals surface area contributed by atoms with E-state index in [2.05, 4.69) is 24.1 Å². The largest absolute Gasteiger partial charge is 0.347 e. The van der Waals surface area contributed by atoms with Gasteiger partial charge < -0.3 is 10.2 Å². The standard InChI is InChI=1S/C14H25N3O2S2/c1-4-7-15-9-13-12(5-2)16-14(20-13)17(3)11-6-8-21(18,19)10-11/h11,15H,4-10H2,1-3H3. The molecule has 1 aliphatic rings. The van der Waals surface area contributed by atoms with Crippen molar-refractivity contribution in [1.29, 1.82) is 0 Å². The number of aromatic nitrogens is 1. The molecule has 120 valence electrons. The Hall–Kier alpha value is -0.660. The molecule has 0 saturated carbocycles. The van der Waals surface area contributed by atoms with Crippen LogP contribution in [0.4, 0.5) is 5.13 Å². The monoisotopic (exact) mass is 331 g/mol. The van der Waals surface area contributed by atoms with Crippen molar-refractivity contribution in [2.75, 3.05) is 30.0 Å². The summed E-state index contributed by atoms with van der Waals surface area (Å²) in [6.45, 7) is 6.13. The van der Waals surface area contributed by atoms with E-state index in [1.54, 1.807) is 11.3 Å². The summed E-state index contributed by atoms with van der Waals surface area (Å²) < 4.78 is 23.3. The number of thiazole rings is 1. The van der Waals surface area contributed by atoms with Gasteiger partial charge in [0.05, 0.1) is 17.2 Å². The Bertz CT molecular complexity index is 569. The lowest BCUT2D eigenvalue weighted by Gasteiger charge is -2.22. The molecule has 1 aromatic rings. The summed E-state index contributed by atoms with van der Waals surface area (Å²) in [4.78, 5) is 8.03. The summed E-state index contributed by atoms with van der Waals surface area (Å²) in [6, 6.07) is 0.0716. The molecule has 0 spiro atoms. The second-order valence-corrected chi connectivity index (χ2v) is 8.86. The maximum atomic E-state index is 11.6. The number of nitrogens with one attached hydrogen (secondary N) is 1. The number of nitrogens with zero attached hydrogens (tertiary/aromatic N) is 2. The van der Waals surface area contributed by atoms with Gasteiger partial charge in [-0.3, -0.25) is 0 Å². The van der Waals surface area contributed by atoms with Gasteiger partial charge in [0.15, 0.2) is 15.0 Å². The SMILES string of the molecule is CCCNCc1sc(N(C)C2CCS(=O)(=O)C2)nc1CC. The van der Waals surface area contributed by atoms with Crippen LogP contribution in [-0.2, 0) is 22.8 Å². The van der Waals surface area contributed by atoms with Crippen LogP contribution >= 0.6 is 11.3 Å². The number of sulfone groups is 1. The molecule has 5 nitrogen and oxygen atoms in total. The molecule has 1 unspecified atom stereocenters. The molecular weight excluding hydrogens is 306 g/mol. The molecule has 7 heteroatoms. The molecular formula is C14H25N3O2S2. The highest BCUT2D eigenvalue weighted by molar-refractivity contribution is 7.91. The predicted octanol–water partition coefficient (Wildman–Crippen LogP) is 1.83. The zero-order valence-electron chi connectivity index (χ0n) is 13.1. The van der Waals surface area contributed by atoms with Gasteiger partial charge in [-0.15, -0.1) is 11.3 Å². The molecule has 0 amide bonds. The Morgan fingerprint density at radius 2 is 2.19 bits per heavy atom. The van der Waals surface area contributed by atoms with E-state index in [9.17, 15) is 8.42 Å². The topological polar surface area (TPSA) is 62.3 Å². The van der Waals surface area contributed by atoms with Gasteiger partial charge in [-0.25, -0.2) is 13.4 Å².